The van der Waals surface area contributed by atoms with E-state index in [1.54, 1.807) is 17.1 Å². The van der Waals surface area contributed by atoms with Crippen molar-refractivity contribution in [1.29, 1.82) is 10.5 Å². The number of benzene rings is 3. The van der Waals surface area contributed by atoms with Crippen LogP contribution >= 0.6 is 15.9 Å². The quantitative estimate of drug-likeness (QED) is 0.591. The van der Waals surface area contributed by atoms with Crippen molar-refractivity contribution in [2.24, 2.45) is 5.10 Å². The van der Waals surface area contributed by atoms with Crippen LogP contribution in [0.25, 0.3) is 0 Å². The first-order valence-electron chi connectivity index (χ1n) is 8.50. The molecule has 6 heteroatoms. The fraction of sp³-hybridized carbons (Fsp3) is 0.0455. The van der Waals surface area contributed by atoms with E-state index in [0.717, 1.165) is 15.6 Å². The molecule has 1 aliphatic heterocycles. The van der Waals surface area contributed by atoms with Gasteiger partial charge in [-0.3, -0.25) is 5.01 Å². The van der Waals surface area contributed by atoms with E-state index in [4.69, 9.17) is 4.74 Å². The predicted octanol–water partition coefficient (Wildman–Crippen LogP) is 4.95. The van der Waals surface area contributed by atoms with Crippen LogP contribution in [0.2, 0.25) is 0 Å². The Hall–Kier alpha value is -3.61. The maximum Gasteiger partial charge on any atom is 0.244 e. The van der Waals surface area contributed by atoms with Crippen molar-refractivity contribution >= 4 is 27.5 Å². The van der Waals surface area contributed by atoms with Gasteiger partial charge in [-0.25, -0.2) is 0 Å². The fourth-order valence-electron chi connectivity index (χ4n) is 2.91. The zero-order chi connectivity index (χ0) is 19.5. The SMILES string of the molecule is N#Cc1cc2c(cc1C#N)N(Cc1ccc(Br)cc1)N=C(c1ccccc1)O2. The van der Waals surface area contributed by atoms with Crippen LogP contribution < -0.4 is 9.75 Å². The van der Waals surface area contributed by atoms with Crippen molar-refractivity contribution in [3.8, 4) is 17.9 Å². The second-order valence-corrected chi connectivity index (χ2v) is 7.06. The largest absolute Gasteiger partial charge is 0.435 e. The van der Waals surface area contributed by atoms with Gasteiger partial charge in [0.1, 0.15) is 17.8 Å². The Morgan fingerprint density at radius 2 is 1.61 bits per heavy atom. The predicted molar refractivity (Wildman–Crippen MR) is 110 cm³/mol. The lowest BCUT2D eigenvalue weighted by Gasteiger charge is -2.28. The highest BCUT2D eigenvalue weighted by Crippen LogP contribution is 2.36. The molecule has 28 heavy (non-hydrogen) atoms. The van der Waals surface area contributed by atoms with Gasteiger partial charge in [0.05, 0.1) is 17.7 Å². The van der Waals surface area contributed by atoms with Gasteiger partial charge in [0.15, 0.2) is 5.75 Å². The van der Waals surface area contributed by atoms with Gasteiger partial charge < -0.3 is 4.74 Å². The zero-order valence-corrected chi connectivity index (χ0v) is 16.2. The highest BCUT2D eigenvalue weighted by molar-refractivity contribution is 9.10. The smallest absolute Gasteiger partial charge is 0.244 e. The Labute approximate surface area is 170 Å². The normalized spacial score (nSPS) is 12.2. The Morgan fingerprint density at radius 3 is 2.29 bits per heavy atom. The topological polar surface area (TPSA) is 72.4 Å². The van der Waals surface area contributed by atoms with Gasteiger partial charge in [-0.2, -0.15) is 10.5 Å². The molecule has 0 aromatic heterocycles. The van der Waals surface area contributed by atoms with Crippen LogP contribution in [0.5, 0.6) is 5.75 Å². The van der Waals surface area contributed by atoms with Crippen LogP contribution in [-0.4, -0.2) is 5.90 Å². The molecule has 0 unspecified atom stereocenters. The molecule has 0 spiro atoms. The van der Waals surface area contributed by atoms with Crippen molar-refractivity contribution in [3.63, 3.8) is 0 Å². The molecule has 3 aromatic carbocycles. The summed E-state index contributed by atoms with van der Waals surface area (Å²) >= 11 is 3.44. The third kappa shape index (κ3) is 3.46. The molecule has 1 aliphatic rings. The number of rotatable bonds is 3. The summed E-state index contributed by atoms with van der Waals surface area (Å²) in [5, 5.41) is 25.2. The van der Waals surface area contributed by atoms with E-state index in [2.05, 4.69) is 33.2 Å². The molecule has 0 saturated carbocycles. The Morgan fingerprint density at radius 1 is 0.929 bits per heavy atom. The summed E-state index contributed by atoms with van der Waals surface area (Å²) in [6.45, 7) is 0.497. The molecule has 0 radical (unpaired) electrons. The maximum absolute atomic E-state index is 9.39. The Bertz CT molecular complexity index is 1140. The van der Waals surface area contributed by atoms with Crippen molar-refractivity contribution < 1.29 is 4.74 Å². The lowest BCUT2D eigenvalue weighted by Crippen LogP contribution is -2.27. The Kier molecular flexibility index (Phi) is 4.80. The van der Waals surface area contributed by atoms with Crippen LogP contribution in [0, 0.1) is 22.7 Å². The number of hydrogen-bond donors (Lipinski definition) is 0. The number of ether oxygens (including phenoxy) is 1. The molecule has 0 fully saturated rings. The molecular weight excluding hydrogens is 416 g/mol. The van der Waals surface area contributed by atoms with Gasteiger partial charge >= 0.3 is 0 Å². The van der Waals surface area contributed by atoms with Gasteiger partial charge in [-0.1, -0.05) is 46.3 Å². The molecule has 3 aromatic rings. The van der Waals surface area contributed by atoms with E-state index in [1.165, 1.54) is 0 Å². The summed E-state index contributed by atoms with van der Waals surface area (Å²) in [5.74, 6) is 0.945. The van der Waals surface area contributed by atoms with E-state index in [0.29, 0.717) is 29.4 Å². The van der Waals surface area contributed by atoms with E-state index in [1.807, 2.05) is 54.6 Å². The minimum Gasteiger partial charge on any atom is -0.435 e. The fourth-order valence-corrected chi connectivity index (χ4v) is 3.17. The molecule has 5 nitrogen and oxygen atoms in total. The van der Waals surface area contributed by atoms with Gasteiger partial charge in [0.2, 0.25) is 5.90 Å². The molecule has 1 heterocycles. The molecule has 0 bridgehead atoms. The monoisotopic (exact) mass is 428 g/mol. The number of nitriles is 2. The summed E-state index contributed by atoms with van der Waals surface area (Å²) in [6, 6.07) is 24.9. The van der Waals surface area contributed by atoms with Crippen LogP contribution in [0.15, 0.2) is 76.3 Å². The standard InChI is InChI=1S/C22H13BrN4O/c23-19-8-6-15(7-9-19)14-27-20-10-17(12-24)18(13-25)11-21(20)28-22(26-27)16-4-2-1-3-5-16/h1-11H,14H2. The zero-order valence-electron chi connectivity index (χ0n) is 14.6. The summed E-state index contributed by atoms with van der Waals surface area (Å²) in [5.41, 5.74) is 3.10. The van der Waals surface area contributed by atoms with Crippen LogP contribution in [-0.2, 0) is 6.54 Å². The summed E-state index contributed by atoms with van der Waals surface area (Å²) in [6.07, 6.45) is 0. The molecule has 134 valence electrons. The first-order chi connectivity index (χ1) is 13.7. The van der Waals surface area contributed by atoms with Crippen LogP contribution in [0.1, 0.15) is 22.3 Å². The van der Waals surface area contributed by atoms with E-state index < -0.39 is 0 Å². The highest BCUT2D eigenvalue weighted by Gasteiger charge is 2.24. The number of nitrogens with zero attached hydrogens (tertiary/aromatic N) is 4. The second-order valence-electron chi connectivity index (χ2n) is 6.15. The lowest BCUT2D eigenvalue weighted by molar-refractivity contribution is 0.526. The minimum absolute atomic E-state index is 0.277. The van der Waals surface area contributed by atoms with Gasteiger partial charge in [0, 0.05) is 16.1 Å². The number of anilines is 1. The number of hydrazone groups is 1. The maximum atomic E-state index is 9.39. The van der Waals surface area contributed by atoms with Gasteiger partial charge in [0.25, 0.3) is 0 Å². The van der Waals surface area contributed by atoms with Gasteiger partial charge in [-0.05, 0) is 35.9 Å². The van der Waals surface area contributed by atoms with Crippen LogP contribution in [0.4, 0.5) is 5.69 Å². The first kappa shape index (κ1) is 17.8. The first-order valence-corrected chi connectivity index (χ1v) is 9.29. The Balaban J connectivity index is 1.81. The summed E-state index contributed by atoms with van der Waals surface area (Å²) in [7, 11) is 0. The average Bonchev–Trinajstić information content (AvgIpc) is 2.74. The lowest BCUT2D eigenvalue weighted by atomic mass is 10.1. The molecule has 0 aliphatic carbocycles. The highest BCUT2D eigenvalue weighted by atomic mass is 79.9. The van der Waals surface area contributed by atoms with Gasteiger partial charge in [-0.15, -0.1) is 5.10 Å². The summed E-state index contributed by atoms with van der Waals surface area (Å²) in [4.78, 5) is 0. The van der Waals surface area contributed by atoms with E-state index in [9.17, 15) is 10.5 Å². The minimum atomic E-state index is 0.277. The van der Waals surface area contributed by atoms with E-state index in [-0.39, 0.29) is 5.56 Å². The molecule has 0 N–H and O–H groups in total. The third-order valence-corrected chi connectivity index (χ3v) is 4.83. The van der Waals surface area contributed by atoms with E-state index >= 15 is 0 Å². The van der Waals surface area contributed by atoms with Crippen molar-refractivity contribution in [2.45, 2.75) is 6.54 Å². The second kappa shape index (κ2) is 7.56. The molecule has 0 atom stereocenters. The van der Waals surface area contributed by atoms with Crippen molar-refractivity contribution in [2.75, 3.05) is 5.01 Å². The third-order valence-electron chi connectivity index (χ3n) is 4.30. The van der Waals surface area contributed by atoms with Crippen LogP contribution in [0.3, 0.4) is 0 Å². The summed E-state index contributed by atoms with van der Waals surface area (Å²) < 4.78 is 6.99. The van der Waals surface area contributed by atoms with Crippen molar-refractivity contribution in [1.82, 2.24) is 0 Å². The molecular formula is C22H13BrN4O. The average molecular weight is 429 g/mol. The molecule has 0 amide bonds. The molecule has 0 saturated heterocycles. The number of hydrogen-bond acceptors (Lipinski definition) is 5. The van der Waals surface area contributed by atoms with Crippen molar-refractivity contribution in [3.05, 3.63) is 93.5 Å². The number of fused-ring (bicyclic) bond motifs is 1. The number of halogens is 1. The molecule has 4 rings (SSSR count).